The third-order valence-electron chi connectivity index (χ3n) is 7.78. The van der Waals surface area contributed by atoms with Gasteiger partial charge in [-0.1, -0.05) is 24.1 Å². The fraction of sp³-hybridized carbons (Fsp3) is 0.300. The molecule has 17 heteroatoms. The molecular formula is C30H27F6N9OS. The number of rotatable bonds is 10. The lowest BCUT2D eigenvalue weighted by molar-refractivity contribution is -0.122. The number of amides is 1. The molecule has 3 aromatic heterocycles. The molecule has 0 saturated heterocycles. The van der Waals surface area contributed by atoms with Crippen molar-refractivity contribution >= 4 is 40.4 Å². The molecule has 6 rings (SSSR count). The highest BCUT2D eigenvalue weighted by molar-refractivity contribution is 7.99. The standard InChI is InChI=1S/C30H27F6N9OS/c1-44-26-17(4-3-5-19(26)29(42-44)43-47-2)23-25(38-12-21(37)40-23)20(10-14-8-15(31)11-16(32)9-14)39-22(46)13-45-27-18(6-7-30(27,35)36)24(41-45)28(33)34/h3-5,8-9,11-12,20,28H,6-7,10,13H2,1-2H3,(H2,37,40)(H,39,46)(H,42,43). The number of aryl methyl sites for hydroxylation is 1. The Morgan fingerprint density at radius 2 is 1.87 bits per heavy atom. The van der Waals surface area contributed by atoms with Gasteiger partial charge in [0.2, 0.25) is 5.91 Å². The van der Waals surface area contributed by atoms with Crippen LogP contribution in [0.25, 0.3) is 22.2 Å². The molecule has 1 amide bonds. The predicted octanol–water partition coefficient (Wildman–Crippen LogP) is 5.85. The first-order valence-electron chi connectivity index (χ1n) is 14.2. The zero-order valence-electron chi connectivity index (χ0n) is 24.9. The van der Waals surface area contributed by atoms with Gasteiger partial charge >= 0.3 is 0 Å². The Morgan fingerprint density at radius 3 is 2.57 bits per heavy atom. The van der Waals surface area contributed by atoms with Gasteiger partial charge in [0, 0.05) is 42.3 Å². The Bertz CT molecular complexity index is 1980. The van der Waals surface area contributed by atoms with Gasteiger partial charge in [0.05, 0.1) is 29.1 Å². The van der Waals surface area contributed by atoms with Crippen molar-refractivity contribution in [2.24, 2.45) is 7.05 Å². The topological polar surface area (TPSA) is 129 Å². The SMILES string of the molecule is CSNc1nn(C)c2c(-c3nc(N)cnc3C(Cc3cc(F)cc(F)c3)NC(=O)Cn3nc(C(F)F)c4c3C(F)(F)CC4)cccc12. The van der Waals surface area contributed by atoms with E-state index in [0.29, 0.717) is 27.6 Å². The average molecular weight is 676 g/mol. The molecule has 4 N–H and O–H groups in total. The summed E-state index contributed by atoms with van der Waals surface area (Å²) in [6, 6.07) is 7.02. The number of nitrogens with one attached hydrogen (secondary N) is 2. The Morgan fingerprint density at radius 1 is 1.13 bits per heavy atom. The van der Waals surface area contributed by atoms with E-state index in [9.17, 15) is 31.1 Å². The molecule has 0 bridgehead atoms. The van der Waals surface area contributed by atoms with E-state index in [0.717, 1.165) is 17.5 Å². The summed E-state index contributed by atoms with van der Waals surface area (Å²) in [6.07, 6.45) is -1.26. The van der Waals surface area contributed by atoms with E-state index in [2.05, 4.69) is 30.2 Å². The minimum absolute atomic E-state index is 0.0288. The fourth-order valence-electron chi connectivity index (χ4n) is 5.99. The number of aromatic nitrogens is 6. The molecule has 1 aliphatic carbocycles. The third kappa shape index (κ3) is 6.18. The van der Waals surface area contributed by atoms with Crippen LogP contribution in [0.2, 0.25) is 0 Å². The molecule has 0 radical (unpaired) electrons. The number of nitrogen functional groups attached to an aromatic ring is 1. The summed E-state index contributed by atoms with van der Waals surface area (Å²) >= 11 is 1.34. The van der Waals surface area contributed by atoms with E-state index in [4.69, 9.17) is 5.73 Å². The van der Waals surface area contributed by atoms with E-state index >= 15 is 0 Å². The van der Waals surface area contributed by atoms with Crippen LogP contribution < -0.4 is 15.8 Å². The number of alkyl halides is 4. The molecule has 47 heavy (non-hydrogen) atoms. The van der Waals surface area contributed by atoms with Crippen LogP contribution in [0.1, 0.15) is 47.1 Å². The summed E-state index contributed by atoms with van der Waals surface area (Å²) in [4.78, 5) is 22.5. The monoisotopic (exact) mass is 675 g/mol. The summed E-state index contributed by atoms with van der Waals surface area (Å²) in [7, 11) is 1.72. The number of anilines is 2. The van der Waals surface area contributed by atoms with Gasteiger partial charge in [-0.25, -0.2) is 22.5 Å². The molecule has 3 heterocycles. The second-order valence-electron chi connectivity index (χ2n) is 11.0. The van der Waals surface area contributed by atoms with Crippen LogP contribution in [-0.2, 0) is 37.2 Å². The van der Waals surface area contributed by atoms with Crippen molar-refractivity contribution in [1.29, 1.82) is 0 Å². The lowest BCUT2D eigenvalue weighted by Crippen LogP contribution is -2.35. The molecule has 5 aromatic rings. The molecule has 0 fully saturated rings. The van der Waals surface area contributed by atoms with Gasteiger partial charge in [0.1, 0.15) is 35.4 Å². The fourth-order valence-corrected chi connectivity index (χ4v) is 6.33. The van der Waals surface area contributed by atoms with Crippen molar-refractivity contribution in [2.75, 3.05) is 16.7 Å². The zero-order chi connectivity index (χ0) is 33.6. The molecular weight excluding hydrogens is 648 g/mol. The Labute approximate surface area is 267 Å². The van der Waals surface area contributed by atoms with Crippen molar-refractivity contribution in [2.45, 2.75) is 44.2 Å². The van der Waals surface area contributed by atoms with Crippen molar-refractivity contribution in [3.05, 3.63) is 82.4 Å². The van der Waals surface area contributed by atoms with Crippen LogP contribution in [0.3, 0.4) is 0 Å². The van der Waals surface area contributed by atoms with E-state index in [-0.39, 0.29) is 41.2 Å². The average Bonchev–Trinajstić information content (AvgIpc) is 3.63. The van der Waals surface area contributed by atoms with Gasteiger partial charge in [0.15, 0.2) is 5.82 Å². The zero-order valence-corrected chi connectivity index (χ0v) is 25.7. The Balaban J connectivity index is 1.44. The molecule has 1 aliphatic rings. The summed E-state index contributed by atoms with van der Waals surface area (Å²) in [5.74, 6) is -5.49. The highest BCUT2D eigenvalue weighted by atomic mass is 32.2. The Kier molecular flexibility index (Phi) is 8.50. The quantitative estimate of drug-likeness (QED) is 0.124. The summed E-state index contributed by atoms with van der Waals surface area (Å²) in [5.41, 5.74) is 5.85. The molecule has 0 aliphatic heterocycles. The third-order valence-corrected chi connectivity index (χ3v) is 8.18. The molecule has 1 atom stereocenters. The van der Waals surface area contributed by atoms with Gasteiger partial charge in [-0.15, -0.1) is 0 Å². The Hall–Kier alpha value is -4.80. The van der Waals surface area contributed by atoms with Gasteiger partial charge in [-0.2, -0.15) is 19.0 Å². The van der Waals surface area contributed by atoms with Crippen LogP contribution in [-0.4, -0.2) is 41.7 Å². The number of para-hydroxylation sites is 1. The van der Waals surface area contributed by atoms with Gasteiger partial charge < -0.3 is 15.8 Å². The number of carbonyl (C=O) groups is 1. The van der Waals surface area contributed by atoms with Crippen molar-refractivity contribution in [3.63, 3.8) is 0 Å². The first-order valence-corrected chi connectivity index (χ1v) is 15.5. The van der Waals surface area contributed by atoms with E-state index in [1.54, 1.807) is 23.9 Å². The molecule has 0 saturated carbocycles. The van der Waals surface area contributed by atoms with E-state index in [1.165, 1.54) is 18.1 Å². The van der Waals surface area contributed by atoms with Crippen LogP contribution in [0, 0.1) is 11.6 Å². The lowest BCUT2D eigenvalue weighted by Gasteiger charge is -2.22. The maximum Gasteiger partial charge on any atom is 0.290 e. The smallest absolute Gasteiger partial charge is 0.290 e. The van der Waals surface area contributed by atoms with Crippen molar-refractivity contribution in [1.82, 2.24) is 34.8 Å². The number of hydrogen-bond acceptors (Lipinski definition) is 8. The number of halogens is 6. The number of benzene rings is 2. The first-order chi connectivity index (χ1) is 22.4. The normalized spacial score (nSPS) is 14.5. The van der Waals surface area contributed by atoms with Gasteiger partial charge in [0.25, 0.3) is 12.3 Å². The number of nitrogens with zero attached hydrogens (tertiary/aromatic N) is 6. The number of carbonyl (C=O) groups excluding carboxylic acids is 1. The van der Waals surface area contributed by atoms with Crippen LogP contribution in [0.5, 0.6) is 0 Å². The highest BCUT2D eigenvalue weighted by Gasteiger charge is 2.46. The summed E-state index contributed by atoms with van der Waals surface area (Å²) < 4.78 is 90.6. The predicted molar refractivity (Wildman–Crippen MR) is 164 cm³/mol. The molecule has 1 unspecified atom stereocenters. The maximum atomic E-state index is 14.8. The molecule has 246 valence electrons. The van der Waals surface area contributed by atoms with Gasteiger partial charge in [-0.3, -0.25) is 19.1 Å². The summed E-state index contributed by atoms with van der Waals surface area (Å²) in [6.45, 7) is -0.836. The largest absolute Gasteiger partial charge is 0.382 e. The van der Waals surface area contributed by atoms with Crippen LogP contribution in [0.15, 0.2) is 42.6 Å². The summed E-state index contributed by atoms with van der Waals surface area (Å²) in [5, 5.41) is 11.6. The van der Waals surface area contributed by atoms with Crippen LogP contribution >= 0.6 is 11.9 Å². The highest BCUT2D eigenvalue weighted by Crippen LogP contribution is 2.45. The second-order valence-corrected chi connectivity index (χ2v) is 11.6. The second kappa shape index (κ2) is 12.4. The lowest BCUT2D eigenvalue weighted by atomic mass is 9.97. The molecule has 0 spiro atoms. The number of nitrogens with two attached hydrogens (primary N) is 1. The molecule has 2 aromatic carbocycles. The molecule has 10 nitrogen and oxygen atoms in total. The minimum Gasteiger partial charge on any atom is -0.382 e. The van der Waals surface area contributed by atoms with Crippen molar-refractivity contribution in [3.8, 4) is 11.3 Å². The minimum atomic E-state index is -3.46. The van der Waals surface area contributed by atoms with E-state index < -0.39 is 60.3 Å². The van der Waals surface area contributed by atoms with Gasteiger partial charge in [-0.05, 0) is 36.6 Å². The van der Waals surface area contributed by atoms with E-state index in [1.807, 2.05) is 12.3 Å². The maximum absolute atomic E-state index is 14.8. The number of hydrogen-bond donors (Lipinski definition) is 3. The van der Waals surface area contributed by atoms with Crippen LogP contribution in [0.4, 0.5) is 38.0 Å². The van der Waals surface area contributed by atoms with Crippen molar-refractivity contribution < 1.29 is 31.1 Å². The number of fused-ring (bicyclic) bond motifs is 2. The first kappa shape index (κ1) is 32.2.